The second kappa shape index (κ2) is 3.22. The van der Waals surface area contributed by atoms with E-state index in [0.29, 0.717) is 0 Å². The first-order chi connectivity index (χ1) is 4.20. The van der Waals surface area contributed by atoms with E-state index in [9.17, 15) is 9.59 Å². The van der Waals surface area contributed by atoms with E-state index < -0.39 is 0 Å². The van der Waals surface area contributed by atoms with Gasteiger partial charge in [0, 0.05) is 19.3 Å². The van der Waals surface area contributed by atoms with Crippen LogP contribution < -0.4 is 11.2 Å². The summed E-state index contributed by atoms with van der Waals surface area (Å²) in [5, 5.41) is 0. The van der Waals surface area contributed by atoms with E-state index in [2.05, 4.69) is 4.98 Å². The SMILES string of the molecule is Cl.Cn1ccc(=O)[nH]c1=O. The fourth-order valence-corrected chi connectivity index (χ4v) is 0.482. The van der Waals surface area contributed by atoms with Gasteiger partial charge < -0.3 is 4.57 Å². The highest BCUT2D eigenvalue weighted by atomic mass is 35.5. The van der Waals surface area contributed by atoms with Gasteiger partial charge in [0.1, 0.15) is 0 Å². The molecule has 5 heteroatoms. The minimum atomic E-state index is -0.387. The van der Waals surface area contributed by atoms with Crippen molar-refractivity contribution in [2.75, 3.05) is 0 Å². The zero-order valence-electron chi connectivity index (χ0n) is 5.33. The summed E-state index contributed by atoms with van der Waals surface area (Å²) in [7, 11) is 1.57. The van der Waals surface area contributed by atoms with Gasteiger partial charge in [-0.05, 0) is 0 Å². The predicted molar refractivity (Wildman–Crippen MR) is 39.6 cm³/mol. The Balaban J connectivity index is 0.000000810. The van der Waals surface area contributed by atoms with E-state index in [4.69, 9.17) is 0 Å². The van der Waals surface area contributed by atoms with Gasteiger partial charge in [-0.1, -0.05) is 0 Å². The number of hydrogen-bond acceptors (Lipinski definition) is 2. The third kappa shape index (κ3) is 1.73. The summed E-state index contributed by atoms with van der Waals surface area (Å²) in [6, 6.07) is 1.29. The number of nitrogens with one attached hydrogen (secondary N) is 1. The van der Waals surface area contributed by atoms with E-state index >= 15 is 0 Å². The molecule has 1 rings (SSSR count). The van der Waals surface area contributed by atoms with Gasteiger partial charge in [-0.25, -0.2) is 4.79 Å². The number of halogens is 1. The van der Waals surface area contributed by atoms with Crippen LogP contribution in [0, 0.1) is 0 Å². The molecule has 56 valence electrons. The zero-order valence-corrected chi connectivity index (χ0v) is 6.14. The van der Waals surface area contributed by atoms with Crippen LogP contribution in [0.25, 0.3) is 0 Å². The Kier molecular flexibility index (Phi) is 2.89. The lowest BCUT2D eigenvalue weighted by molar-refractivity contribution is 0.799. The second-order valence-electron chi connectivity index (χ2n) is 1.72. The van der Waals surface area contributed by atoms with Gasteiger partial charge in [0.05, 0.1) is 0 Å². The van der Waals surface area contributed by atoms with Gasteiger partial charge in [0.15, 0.2) is 0 Å². The minimum Gasteiger partial charge on any atom is -0.304 e. The smallest absolute Gasteiger partial charge is 0.304 e. The van der Waals surface area contributed by atoms with E-state index in [1.165, 1.54) is 16.8 Å². The molecule has 0 atom stereocenters. The number of rotatable bonds is 0. The molecule has 10 heavy (non-hydrogen) atoms. The summed E-state index contributed by atoms with van der Waals surface area (Å²) in [5.41, 5.74) is -0.749. The van der Waals surface area contributed by atoms with Crippen molar-refractivity contribution in [3.8, 4) is 0 Å². The number of hydrogen-bond donors (Lipinski definition) is 1. The van der Waals surface area contributed by atoms with E-state index in [1.54, 1.807) is 7.05 Å². The van der Waals surface area contributed by atoms with Crippen molar-refractivity contribution in [2.45, 2.75) is 0 Å². The third-order valence-electron chi connectivity index (χ3n) is 1.000. The first-order valence-corrected chi connectivity index (χ1v) is 2.46. The van der Waals surface area contributed by atoms with Crippen LogP contribution in [0.15, 0.2) is 21.9 Å². The maximum atomic E-state index is 10.5. The highest BCUT2D eigenvalue weighted by Gasteiger charge is 1.85. The second-order valence-corrected chi connectivity index (χ2v) is 1.72. The number of nitrogens with zero attached hydrogens (tertiary/aromatic N) is 1. The van der Waals surface area contributed by atoms with E-state index in [-0.39, 0.29) is 23.7 Å². The summed E-state index contributed by atoms with van der Waals surface area (Å²) >= 11 is 0. The predicted octanol–water partition coefficient (Wildman–Crippen LogP) is -0.505. The fourth-order valence-electron chi connectivity index (χ4n) is 0.482. The van der Waals surface area contributed by atoms with Crippen LogP contribution in [0.3, 0.4) is 0 Å². The molecule has 1 heterocycles. The molecule has 0 amide bonds. The summed E-state index contributed by atoms with van der Waals surface area (Å²) in [5.74, 6) is 0. The average Bonchev–Trinajstić information content (AvgIpc) is 1.80. The van der Waals surface area contributed by atoms with Gasteiger partial charge in [0.25, 0.3) is 5.56 Å². The lowest BCUT2D eigenvalue weighted by Gasteiger charge is -1.89. The fraction of sp³-hybridized carbons (Fsp3) is 0.200. The summed E-state index contributed by atoms with van der Waals surface area (Å²) < 4.78 is 1.29. The monoisotopic (exact) mass is 162 g/mol. The summed E-state index contributed by atoms with van der Waals surface area (Å²) in [6.07, 6.45) is 1.42. The molecular formula is C5H7ClN2O2. The molecule has 0 radical (unpaired) electrons. The van der Waals surface area contributed by atoms with Crippen molar-refractivity contribution in [3.63, 3.8) is 0 Å². The summed E-state index contributed by atoms with van der Waals surface area (Å²) in [6.45, 7) is 0. The lowest BCUT2D eigenvalue weighted by atomic mass is 10.6. The van der Waals surface area contributed by atoms with Crippen LogP contribution in [0.4, 0.5) is 0 Å². The van der Waals surface area contributed by atoms with Crippen LogP contribution in [0.5, 0.6) is 0 Å². The molecule has 1 N–H and O–H groups in total. The highest BCUT2D eigenvalue weighted by molar-refractivity contribution is 5.85. The standard InChI is InChI=1S/C5H6N2O2.ClH/c1-7-3-2-4(8)6-5(7)9;/h2-3H,1H3,(H,6,8,9);1H. The van der Waals surface area contributed by atoms with Gasteiger partial charge >= 0.3 is 5.69 Å². The molecular weight excluding hydrogens is 156 g/mol. The molecule has 1 aromatic rings. The van der Waals surface area contributed by atoms with Crippen LogP contribution >= 0.6 is 12.4 Å². The number of aromatic nitrogens is 2. The Morgan fingerprint density at radius 1 is 1.50 bits per heavy atom. The van der Waals surface area contributed by atoms with Gasteiger partial charge in [-0.15, -0.1) is 12.4 Å². The average molecular weight is 163 g/mol. The molecule has 0 aliphatic rings. The number of H-pyrrole nitrogens is 1. The van der Waals surface area contributed by atoms with Crippen molar-refractivity contribution < 1.29 is 0 Å². The van der Waals surface area contributed by atoms with Gasteiger partial charge in [0.2, 0.25) is 0 Å². The minimum absolute atomic E-state index is 0. The molecule has 0 spiro atoms. The highest BCUT2D eigenvalue weighted by Crippen LogP contribution is 1.61. The molecule has 0 unspecified atom stereocenters. The first-order valence-electron chi connectivity index (χ1n) is 2.46. The molecule has 0 saturated carbocycles. The molecule has 0 aliphatic heterocycles. The van der Waals surface area contributed by atoms with Gasteiger partial charge in [-0.2, -0.15) is 0 Å². The Bertz CT molecular complexity index is 314. The molecule has 0 aliphatic carbocycles. The molecule has 1 aromatic heterocycles. The van der Waals surface area contributed by atoms with Crippen LogP contribution in [0.2, 0.25) is 0 Å². The van der Waals surface area contributed by atoms with Crippen LogP contribution in [-0.4, -0.2) is 9.55 Å². The largest absolute Gasteiger partial charge is 0.328 e. The van der Waals surface area contributed by atoms with Crippen molar-refractivity contribution in [2.24, 2.45) is 7.05 Å². The topological polar surface area (TPSA) is 54.9 Å². The quantitative estimate of drug-likeness (QED) is 0.559. The molecule has 4 nitrogen and oxygen atoms in total. The normalized spacial score (nSPS) is 8.50. The maximum Gasteiger partial charge on any atom is 0.328 e. The first kappa shape index (κ1) is 8.97. The number of aryl methyl sites for hydroxylation is 1. The zero-order chi connectivity index (χ0) is 6.85. The van der Waals surface area contributed by atoms with Crippen molar-refractivity contribution in [3.05, 3.63) is 33.1 Å². The number of aromatic amines is 1. The molecule has 0 fully saturated rings. The molecule has 0 aromatic carbocycles. The van der Waals surface area contributed by atoms with Crippen LogP contribution in [-0.2, 0) is 7.05 Å². The van der Waals surface area contributed by atoms with Crippen molar-refractivity contribution in [1.82, 2.24) is 9.55 Å². The van der Waals surface area contributed by atoms with Crippen molar-refractivity contribution in [1.29, 1.82) is 0 Å². The molecule has 0 saturated heterocycles. The van der Waals surface area contributed by atoms with Crippen LogP contribution in [0.1, 0.15) is 0 Å². The summed E-state index contributed by atoms with van der Waals surface area (Å²) in [4.78, 5) is 23.0. The lowest BCUT2D eigenvalue weighted by Crippen LogP contribution is -2.26. The van der Waals surface area contributed by atoms with Gasteiger partial charge in [-0.3, -0.25) is 9.78 Å². The molecule has 0 bridgehead atoms. The maximum absolute atomic E-state index is 10.5. The Morgan fingerprint density at radius 2 is 2.10 bits per heavy atom. The van der Waals surface area contributed by atoms with E-state index in [0.717, 1.165) is 0 Å². The Hall–Kier alpha value is -1.03. The van der Waals surface area contributed by atoms with Crippen molar-refractivity contribution >= 4 is 12.4 Å². The third-order valence-corrected chi connectivity index (χ3v) is 1.000. The Labute approximate surface area is 62.9 Å². The van der Waals surface area contributed by atoms with E-state index in [1.807, 2.05) is 0 Å². The Morgan fingerprint density at radius 3 is 2.50 bits per heavy atom.